The summed E-state index contributed by atoms with van der Waals surface area (Å²) in [6.45, 7) is 4.10. The normalized spacial score (nSPS) is 15.7. The minimum absolute atomic E-state index is 0.0270. The van der Waals surface area contributed by atoms with Crippen LogP contribution in [0.25, 0.3) is 0 Å². The zero-order valence-electron chi connectivity index (χ0n) is 12.6. The number of amides is 1. The van der Waals surface area contributed by atoms with Crippen LogP contribution in [0.2, 0.25) is 0 Å². The first-order chi connectivity index (χ1) is 11.1. The van der Waals surface area contributed by atoms with Gasteiger partial charge in [-0.05, 0) is 17.5 Å². The zero-order chi connectivity index (χ0) is 16.2. The van der Waals surface area contributed by atoms with E-state index in [0.717, 1.165) is 19.6 Å². The Kier molecular flexibility index (Phi) is 4.73. The lowest BCUT2D eigenvalue weighted by molar-refractivity contribution is -0.133. The molecule has 0 radical (unpaired) electrons. The van der Waals surface area contributed by atoms with Gasteiger partial charge in [0, 0.05) is 43.8 Å². The molecule has 3 heterocycles. The average molecular weight is 334 g/mol. The number of carbonyl (C=O) groups excluding carboxylic acids is 1. The number of nitrogens with zero attached hydrogens (tertiary/aromatic N) is 4. The third-order valence-electron chi connectivity index (χ3n) is 3.84. The van der Waals surface area contributed by atoms with E-state index in [0.29, 0.717) is 13.1 Å². The van der Waals surface area contributed by atoms with E-state index in [4.69, 9.17) is 5.11 Å². The Morgan fingerprint density at radius 2 is 2.00 bits per heavy atom. The van der Waals surface area contributed by atoms with E-state index >= 15 is 0 Å². The van der Waals surface area contributed by atoms with Crippen molar-refractivity contribution in [3.05, 3.63) is 40.3 Å². The van der Waals surface area contributed by atoms with E-state index in [-0.39, 0.29) is 18.1 Å². The second kappa shape index (κ2) is 6.93. The Bertz CT molecular complexity index is 675. The monoisotopic (exact) mass is 334 g/mol. The summed E-state index contributed by atoms with van der Waals surface area (Å²) in [5.74, 6) is -1.11. The molecule has 0 aromatic carbocycles. The predicted octanol–water partition coefficient (Wildman–Crippen LogP) is 0.987. The molecule has 122 valence electrons. The maximum atomic E-state index is 12.3. The van der Waals surface area contributed by atoms with Crippen molar-refractivity contribution in [3.63, 3.8) is 0 Å². The highest BCUT2D eigenvalue weighted by molar-refractivity contribution is 7.09. The second-order valence-corrected chi connectivity index (χ2v) is 6.47. The molecule has 0 saturated carbocycles. The van der Waals surface area contributed by atoms with E-state index < -0.39 is 5.97 Å². The van der Waals surface area contributed by atoms with Gasteiger partial charge in [0.25, 0.3) is 0 Å². The fourth-order valence-corrected chi connectivity index (χ4v) is 3.33. The van der Waals surface area contributed by atoms with Gasteiger partial charge in [0.1, 0.15) is 6.54 Å². The third kappa shape index (κ3) is 3.96. The molecular weight excluding hydrogens is 316 g/mol. The van der Waals surface area contributed by atoms with Crippen LogP contribution in [0.4, 0.5) is 0 Å². The van der Waals surface area contributed by atoms with Crippen LogP contribution >= 0.6 is 11.3 Å². The van der Waals surface area contributed by atoms with Crippen molar-refractivity contribution in [2.45, 2.75) is 13.1 Å². The number of carboxylic acids is 1. The van der Waals surface area contributed by atoms with Gasteiger partial charge in [0.2, 0.25) is 5.91 Å². The maximum absolute atomic E-state index is 12.3. The summed E-state index contributed by atoms with van der Waals surface area (Å²) >= 11 is 1.75. The summed E-state index contributed by atoms with van der Waals surface area (Å²) in [6.07, 6.45) is 1.52. The van der Waals surface area contributed by atoms with Gasteiger partial charge in [-0.2, -0.15) is 5.10 Å². The van der Waals surface area contributed by atoms with E-state index in [2.05, 4.69) is 27.5 Å². The smallest absolute Gasteiger partial charge is 0.356 e. The van der Waals surface area contributed by atoms with Crippen molar-refractivity contribution in [2.75, 3.05) is 26.2 Å². The molecular formula is C15H18N4O3S. The highest BCUT2D eigenvalue weighted by atomic mass is 32.1. The number of carbonyl (C=O) groups is 2. The fourth-order valence-electron chi connectivity index (χ4n) is 2.58. The van der Waals surface area contributed by atoms with Crippen molar-refractivity contribution in [1.29, 1.82) is 0 Å². The van der Waals surface area contributed by atoms with Crippen LogP contribution in [0.3, 0.4) is 0 Å². The lowest BCUT2D eigenvalue weighted by Crippen LogP contribution is -2.49. The van der Waals surface area contributed by atoms with Gasteiger partial charge >= 0.3 is 5.97 Å². The number of aromatic nitrogens is 2. The second-order valence-electron chi connectivity index (χ2n) is 5.44. The van der Waals surface area contributed by atoms with Crippen LogP contribution in [-0.2, 0) is 17.9 Å². The van der Waals surface area contributed by atoms with Crippen LogP contribution in [0.5, 0.6) is 0 Å². The summed E-state index contributed by atoms with van der Waals surface area (Å²) < 4.78 is 1.38. The molecule has 0 unspecified atom stereocenters. The molecule has 1 amide bonds. The molecule has 1 saturated heterocycles. The predicted molar refractivity (Wildman–Crippen MR) is 85.4 cm³/mol. The number of rotatable bonds is 5. The molecule has 2 aromatic rings. The third-order valence-corrected chi connectivity index (χ3v) is 4.70. The molecule has 8 heteroatoms. The van der Waals surface area contributed by atoms with Crippen molar-refractivity contribution in [3.8, 4) is 0 Å². The van der Waals surface area contributed by atoms with Crippen molar-refractivity contribution in [2.24, 2.45) is 0 Å². The van der Waals surface area contributed by atoms with Crippen LogP contribution in [0.1, 0.15) is 15.4 Å². The van der Waals surface area contributed by atoms with Crippen molar-refractivity contribution >= 4 is 23.2 Å². The number of carboxylic acid groups (broad SMARTS) is 1. The first kappa shape index (κ1) is 15.7. The van der Waals surface area contributed by atoms with Gasteiger partial charge in [-0.1, -0.05) is 6.07 Å². The topological polar surface area (TPSA) is 78.7 Å². The van der Waals surface area contributed by atoms with E-state index in [9.17, 15) is 9.59 Å². The molecule has 0 bridgehead atoms. The Hall–Kier alpha value is -2.19. The van der Waals surface area contributed by atoms with Gasteiger partial charge in [0.15, 0.2) is 5.69 Å². The van der Waals surface area contributed by atoms with Crippen LogP contribution in [-0.4, -0.2) is 62.7 Å². The van der Waals surface area contributed by atoms with Crippen LogP contribution < -0.4 is 0 Å². The van der Waals surface area contributed by atoms with Crippen LogP contribution in [0.15, 0.2) is 29.8 Å². The summed E-state index contributed by atoms with van der Waals surface area (Å²) in [5, 5.41) is 14.8. The Labute approximate surface area is 137 Å². The molecule has 0 aliphatic carbocycles. The lowest BCUT2D eigenvalue weighted by atomic mass is 10.3. The van der Waals surface area contributed by atoms with E-state index in [1.807, 2.05) is 4.90 Å². The zero-order valence-corrected chi connectivity index (χ0v) is 13.4. The lowest BCUT2D eigenvalue weighted by Gasteiger charge is -2.34. The molecule has 0 atom stereocenters. The van der Waals surface area contributed by atoms with Crippen molar-refractivity contribution < 1.29 is 14.7 Å². The summed E-state index contributed by atoms with van der Waals surface area (Å²) in [4.78, 5) is 28.6. The highest BCUT2D eigenvalue weighted by Gasteiger charge is 2.22. The first-order valence-electron chi connectivity index (χ1n) is 7.41. The molecule has 7 nitrogen and oxygen atoms in total. The van der Waals surface area contributed by atoms with E-state index in [1.165, 1.54) is 21.8 Å². The number of piperazine rings is 1. The highest BCUT2D eigenvalue weighted by Crippen LogP contribution is 2.13. The minimum atomic E-state index is -1.08. The number of hydrogen-bond acceptors (Lipinski definition) is 5. The molecule has 1 aliphatic rings. The maximum Gasteiger partial charge on any atom is 0.356 e. The van der Waals surface area contributed by atoms with Gasteiger partial charge in [-0.3, -0.25) is 14.4 Å². The average Bonchev–Trinajstić information content (AvgIpc) is 3.19. The largest absolute Gasteiger partial charge is 0.476 e. The Morgan fingerprint density at radius 3 is 2.61 bits per heavy atom. The summed E-state index contributed by atoms with van der Waals surface area (Å²) in [7, 11) is 0. The summed E-state index contributed by atoms with van der Waals surface area (Å²) in [6, 6.07) is 5.57. The molecule has 3 rings (SSSR count). The fraction of sp³-hybridized carbons (Fsp3) is 0.400. The van der Waals surface area contributed by atoms with Crippen LogP contribution in [0, 0.1) is 0 Å². The Balaban J connectivity index is 1.48. The van der Waals surface area contributed by atoms with Gasteiger partial charge in [0.05, 0.1) is 0 Å². The van der Waals surface area contributed by atoms with Gasteiger partial charge in [-0.25, -0.2) is 4.79 Å². The number of thiophene rings is 1. The van der Waals surface area contributed by atoms with Gasteiger partial charge in [-0.15, -0.1) is 11.3 Å². The first-order valence-corrected chi connectivity index (χ1v) is 8.29. The molecule has 1 fully saturated rings. The summed E-state index contributed by atoms with van der Waals surface area (Å²) in [5.41, 5.74) is -0.0430. The molecule has 1 aliphatic heterocycles. The minimum Gasteiger partial charge on any atom is -0.476 e. The SMILES string of the molecule is O=C(O)c1ccn(CC(=O)N2CCN(Cc3cccs3)CC2)n1. The molecule has 23 heavy (non-hydrogen) atoms. The van der Waals surface area contributed by atoms with Gasteiger partial charge < -0.3 is 10.0 Å². The Morgan fingerprint density at radius 1 is 1.22 bits per heavy atom. The van der Waals surface area contributed by atoms with Crippen molar-refractivity contribution in [1.82, 2.24) is 19.6 Å². The quantitative estimate of drug-likeness (QED) is 0.882. The molecule has 2 aromatic heterocycles. The van der Waals surface area contributed by atoms with E-state index in [1.54, 1.807) is 11.3 Å². The molecule has 0 spiro atoms. The standard InChI is InChI=1S/C15H18N4O3S/c20-14(11-19-4-3-13(16-19)15(21)22)18-7-5-17(6-8-18)10-12-2-1-9-23-12/h1-4,9H,5-8,10-11H2,(H,21,22). The number of hydrogen-bond donors (Lipinski definition) is 1. The number of aromatic carboxylic acids is 1. The molecule has 1 N–H and O–H groups in total.